The first-order valence-corrected chi connectivity index (χ1v) is 13.7. The van der Waals surface area contributed by atoms with E-state index in [2.05, 4.69) is 0 Å². The van der Waals surface area contributed by atoms with Crippen LogP contribution in [-0.4, -0.2) is 80.8 Å². The third kappa shape index (κ3) is 4.18. The molecule has 5 rings (SSSR count). The molecule has 11 heteroatoms. The van der Waals surface area contributed by atoms with Gasteiger partial charge in [0.1, 0.15) is 17.3 Å². The second-order valence-electron chi connectivity index (χ2n) is 11.9. The smallest absolute Gasteiger partial charge is 0.235 e. The fraction of sp³-hybridized carbons (Fsp3) is 0.419. The Morgan fingerprint density at radius 2 is 1.62 bits per heavy atom. The van der Waals surface area contributed by atoms with Gasteiger partial charge in [0, 0.05) is 18.8 Å². The Kier molecular flexibility index (Phi) is 7.14. The first-order valence-electron chi connectivity index (χ1n) is 13.7. The van der Waals surface area contributed by atoms with Gasteiger partial charge in [-0.2, -0.15) is 0 Å². The summed E-state index contributed by atoms with van der Waals surface area (Å²) in [6.45, 7) is 1.74. The molecule has 11 nitrogen and oxygen atoms in total. The Bertz CT molecular complexity index is 1530. The Hall–Kier alpha value is -4.22. The lowest BCUT2D eigenvalue weighted by Gasteiger charge is -2.57. The molecule has 8 atom stereocenters. The molecule has 5 N–H and O–H groups in total. The van der Waals surface area contributed by atoms with Gasteiger partial charge in [0.2, 0.25) is 5.91 Å². The van der Waals surface area contributed by atoms with Crippen molar-refractivity contribution < 1.29 is 44.1 Å². The van der Waals surface area contributed by atoms with Crippen LogP contribution >= 0.6 is 0 Å². The maximum Gasteiger partial charge on any atom is 0.235 e. The van der Waals surface area contributed by atoms with Crippen molar-refractivity contribution in [2.75, 3.05) is 14.1 Å². The van der Waals surface area contributed by atoms with Crippen LogP contribution in [0.2, 0.25) is 0 Å². The van der Waals surface area contributed by atoms with Crippen LogP contribution in [0, 0.1) is 29.6 Å². The molecule has 2 aromatic rings. The number of fused-ring (bicyclic) bond motifs is 3. The summed E-state index contributed by atoms with van der Waals surface area (Å²) in [7, 11) is 2.98. The number of primary amides is 1. The zero-order valence-corrected chi connectivity index (χ0v) is 23.3. The van der Waals surface area contributed by atoms with Gasteiger partial charge in [-0.05, 0) is 61.2 Å². The highest BCUT2D eigenvalue weighted by Gasteiger charge is 2.72. The fourth-order valence-corrected chi connectivity index (χ4v) is 7.62. The average Bonchev–Trinajstić information content (AvgIpc) is 2.91. The Morgan fingerprint density at radius 1 is 0.976 bits per heavy atom. The summed E-state index contributed by atoms with van der Waals surface area (Å²) in [5.41, 5.74) is 3.37. The van der Waals surface area contributed by atoms with Crippen LogP contribution in [0.3, 0.4) is 0 Å². The normalized spacial score (nSPS) is 32.3. The number of Topliss-reactive ketones (excluding diaryl/α,β-unsaturated/α-hetero) is 5. The molecule has 220 valence electrons. The quantitative estimate of drug-likeness (QED) is 0.353. The van der Waals surface area contributed by atoms with E-state index < -0.39 is 76.2 Å². The molecule has 2 saturated carbocycles. The van der Waals surface area contributed by atoms with Gasteiger partial charge in [-0.25, -0.2) is 0 Å². The summed E-state index contributed by atoms with van der Waals surface area (Å²) in [5, 5.41) is 32.3. The van der Waals surface area contributed by atoms with Crippen LogP contribution < -0.4 is 5.73 Å². The van der Waals surface area contributed by atoms with E-state index >= 15 is 0 Å². The lowest BCUT2D eigenvalue weighted by atomic mass is 9.46. The standard InChI is InChI=1S/C31H32N2O9/c1-13-17-5-4-6-19(36)21(17)26(37)22-20(13)18(12-16(35)11-14-7-9-15(34)10-8-14)24-25(33(2)3)27(38)23(30(32)41)29(40)31(24,42)28(22)39/h4-10,13,18,20,22-25,34,36,42H,11-12H2,1-3H3,(H2,32,41)/t13-,18-,20-,22?,23?,24-,25-,31-/m1/s1. The number of carbonyl (C=O) groups excluding carboxylic acids is 6. The second kappa shape index (κ2) is 10.2. The summed E-state index contributed by atoms with van der Waals surface area (Å²) in [4.78, 5) is 82.9. The van der Waals surface area contributed by atoms with Crippen LogP contribution in [0.4, 0.5) is 0 Å². The molecule has 2 fully saturated rings. The van der Waals surface area contributed by atoms with E-state index in [9.17, 15) is 44.1 Å². The van der Waals surface area contributed by atoms with Crippen molar-refractivity contribution in [2.24, 2.45) is 35.3 Å². The molecule has 3 aliphatic rings. The summed E-state index contributed by atoms with van der Waals surface area (Å²) in [6.07, 6.45) is -0.397. The zero-order chi connectivity index (χ0) is 30.8. The number of carbonyl (C=O) groups is 6. The molecule has 0 aromatic heterocycles. The molecule has 2 unspecified atom stereocenters. The lowest BCUT2D eigenvalue weighted by molar-refractivity contribution is -0.190. The van der Waals surface area contributed by atoms with Gasteiger partial charge >= 0.3 is 0 Å². The molecule has 0 spiro atoms. The number of phenolic OH excluding ortho intramolecular Hbond substituents is 2. The minimum Gasteiger partial charge on any atom is -0.508 e. The fourth-order valence-electron chi connectivity index (χ4n) is 7.62. The molecule has 0 saturated heterocycles. The van der Waals surface area contributed by atoms with Crippen LogP contribution in [0.1, 0.15) is 40.7 Å². The molecule has 0 heterocycles. The average molecular weight is 577 g/mol. The summed E-state index contributed by atoms with van der Waals surface area (Å²) >= 11 is 0. The number of benzene rings is 2. The van der Waals surface area contributed by atoms with Crippen LogP contribution in [-0.2, 0) is 30.4 Å². The highest BCUT2D eigenvalue weighted by Crippen LogP contribution is 2.57. The number of amides is 1. The number of aromatic hydroxyl groups is 2. The number of ketones is 5. The van der Waals surface area contributed by atoms with Crippen molar-refractivity contribution >= 4 is 34.8 Å². The number of hydrogen-bond donors (Lipinski definition) is 4. The van der Waals surface area contributed by atoms with E-state index in [-0.39, 0.29) is 35.7 Å². The number of hydrogen-bond acceptors (Lipinski definition) is 10. The number of likely N-dealkylation sites (N-methyl/N-ethyl adjacent to an activating group) is 1. The Morgan fingerprint density at radius 3 is 2.21 bits per heavy atom. The minimum atomic E-state index is -2.97. The molecule has 42 heavy (non-hydrogen) atoms. The van der Waals surface area contributed by atoms with Gasteiger partial charge in [-0.1, -0.05) is 31.2 Å². The number of phenols is 2. The molecule has 0 aliphatic heterocycles. The van der Waals surface area contributed by atoms with Crippen molar-refractivity contribution in [1.82, 2.24) is 4.90 Å². The maximum atomic E-state index is 14.2. The van der Waals surface area contributed by atoms with E-state index in [1.165, 1.54) is 37.2 Å². The van der Waals surface area contributed by atoms with Crippen LogP contribution in [0.25, 0.3) is 0 Å². The van der Waals surface area contributed by atoms with Crippen LogP contribution in [0.5, 0.6) is 11.5 Å². The third-order valence-corrected chi connectivity index (χ3v) is 9.35. The van der Waals surface area contributed by atoms with Crippen molar-refractivity contribution in [1.29, 1.82) is 0 Å². The predicted octanol–water partition coefficient (Wildman–Crippen LogP) is 0.562. The van der Waals surface area contributed by atoms with Gasteiger partial charge in [-0.3, -0.25) is 33.7 Å². The SMILES string of the molecule is C[C@@H]1c2cccc(O)c2C(=O)C2C(=O)[C@@]3(O)C(=O)C(C(N)=O)C(=O)[C@H](N(C)C)[C@H]3[C@H](CC(=O)Cc3ccc(O)cc3)[C@H]21. The van der Waals surface area contributed by atoms with Crippen molar-refractivity contribution in [2.45, 2.75) is 37.3 Å². The topological polar surface area (TPSA) is 192 Å². The molecule has 0 radical (unpaired) electrons. The number of nitrogens with zero attached hydrogens (tertiary/aromatic N) is 1. The molecule has 1 amide bonds. The van der Waals surface area contributed by atoms with Crippen molar-refractivity contribution in [3.8, 4) is 11.5 Å². The second-order valence-corrected chi connectivity index (χ2v) is 11.9. The Balaban J connectivity index is 1.70. The molecule has 0 bridgehead atoms. The third-order valence-electron chi connectivity index (χ3n) is 9.35. The van der Waals surface area contributed by atoms with E-state index in [1.54, 1.807) is 31.2 Å². The van der Waals surface area contributed by atoms with Gasteiger partial charge in [0.05, 0.1) is 17.5 Å². The van der Waals surface area contributed by atoms with E-state index in [1.807, 2.05) is 0 Å². The highest BCUT2D eigenvalue weighted by molar-refractivity contribution is 6.32. The molecular formula is C31H32N2O9. The largest absolute Gasteiger partial charge is 0.508 e. The molecule has 2 aromatic carbocycles. The van der Waals surface area contributed by atoms with Gasteiger partial charge in [-0.15, -0.1) is 0 Å². The van der Waals surface area contributed by atoms with E-state index in [0.717, 1.165) is 0 Å². The van der Waals surface area contributed by atoms with Crippen LogP contribution in [0.15, 0.2) is 42.5 Å². The Labute approximate surface area is 241 Å². The van der Waals surface area contributed by atoms with Crippen molar-refractivity contribution in [3.05, 3.63) is 59.2 Å². The highest BCUT2D eigenvalue weighted by atomic mass is 16.3. The van der Waals surface area contributed by atoms with E-state index in [0.29, 0.717) is 11.1 Å². The number of nitrogens with two attached hydrogens (primary N) is 1. The van der Waals surface area contributed by atoms with Gasteiger partial charge in [0.25, 0.3) is 0 Å². The molecular weight excluding hydrogens is 544 g/mol. The zero-order valence-electron chi connectivity index (χ0n) is 23.3. The van der Waals surface area contributed by atoms with Gasteiger partial charge < -0.3 is 21.1 Å². The summed E-state index contributed by atoms with van der Waals surface area (Å²) in [5.74, 6) is -14.0. The minimum absolute atomic E-state index is 0.0124. The lowest BCUT2D eigenvalue weighted by Crippen LogP contribution is -2.76. The first-order chi connectivity index (χ1) is 19.7. The number of rotatable bonds is 6. The monoisotopic (exact) mass is 576 g/mol. The summed E-state index contributed by atoms with van der Waals surface area (Å²) < 4.78 is 0. The predicted molar refractivity (Wildman–Crippen MR) is 146 cm³/mol. The number of aliphatic hydroxyl groups is 1. The van der Waals surface area contributed by atoms with Gasteiger partial charge in [0.15, 0.2) is 34.7 Å². The first kappa shape index (κ1) is 29.3. The maximum absolute atomic E-state index is 14.2. The summed E-state index contributed by atoms with van der Waals surface area (Å²) in [6, 6.07) is 9.11. The van der Waals surface area contributed by atoms with E-state index in [4.69, 9.17) is 5.73 Å². The van der Waals surface area contributed by atoms with Crippen molar-refractivity contribution in [3.63, 3.8) is 0 Å². The molecule has 3 aliphatic carbocycles.